The molecule has 0 radical (unpaired) electrons. The van der Waals surface area contributed by atoms with Gasteiger partial charge in [0.25, 0.3) is 5.79 Å². The van der Waals surface area contributed by atoms with Gasteiger partial charge in [0.05, 0.1) is 18.4 Å². The first-order valence-corrected chi connectivity index (χ1v) is 11.3. The summed E-state index contributed by atoms with van der Waals surface area (Å²) in [6.07, 6.45) is 3.96. The highest BCUT2D eigenvalue weighted by atomic mass is 32.2. The van der Waals surface area contributed by atoms with E-state index in [1.807, 2.05) is 36.4 Å². The number of carbonyl (C=O) groups is 1. The third-order valence-electron chi connectivity index (χ3n) is 5.53. The van der Waals surface area contributed by atoms with Crippen molar-refractivity contribution in [2.24, 2.45) is 0 Å². The van der Waals surface area contributed by atoms with Crippen molar-refractivity contribution in [3.63, 3.8) is 0 Å². The second kappa shape index (κ2) is 8.27. The van der Waals surface area contributed by atoms with Gasteiger partial charge in [-0.1, -0.05) is 23.9 Å². The standard InChI is InChI=1S/C22H23N5O4S/c1-29-16-7-3-2-6-15(16)20-25-26-21(27(20)23)32-13-19(28)24-14-8-9-17-18(12-14)31-22(30-17)10-4-5-11-22/h2-3,6-9,12H,4-5,10-11,13,23H2,1H3,(H,24,28). The molecule has 1 amide bonds. The number of hydrogen-bond donors (Lipinski definition) is 2. The number of thioether (sulfide) groups is 1. The molecule has 2 heterocycles. The lowest BCUT2D eigenvalue weighted by Gasteiger charge is -2.21. The van der Waals surface area contributed by atoms with Crippen molar-refractivity contribution in [3.05, 3.63) is 42.5 Å². The zero-order chi connectivity index (χ0) is 22.1. The van der Waals surface area contributed by atoms with E-state index in [-0.39, 0.29) is 11.7 Å². The van der Waals surface area contributed by atoms with E-state index < -0.39 is 5.79 Å². The van der Waals surface area contributed by atoms with Crippen molar-refractivity contribution >= 4 is 23.4 Å². The number of para-hydroxylation sites is 1. The molecule has 1 aromatic heterocycles. The molecule has 2 aromatic carbocycles. The van der Waals surface area contributed by atoms with Crippen LogP contribution >= 0.6 is 11.8 Å². The highest BCUT2D eigenvalue weighted by molar-refractivity contribution is 7.99. The summed E-state index contributed by atoms with van der Waals surface area (Å²) in [5, 5.41) is 11.6. The molecule has 32 heavy (non-hydrogen) atoms. The molecule has 1 spiro atoms. The molecule has 0 saturated heterocycles. The smallest absolute Gasteiger partial charge is 0.251 e. The number of carbonyl (C=O) groups excluding carboxylic acids is 1. The Balaban J connectivity index is 1.22. The number of fused-ring (bicyclic) bond motifs is 1. The lowest BCUT2D eigenvalue weighted by molar-refractivity contribution is -0.113. The first kappa shape index (κ1) is 20.5. The quantitative estimate of drug-likeness (QED) is 0.431. The molecule has 1 saturated carbocycles. The number of nitrogens with one attached hydrogen (secondary N) is 1. The zero-order valence-electron chi connectivity index (χ0n) is 17.5. The Hall–Kier alpha value is -3.40. The predicted octanol–water partition coefficient (Wildman–Crippen LogP) is 3.44. The van der Waals surface area contributed by atoms with Crippen LogP contribution in [0, 0.1) is 0 Å². The van der Waals surface area contributed by atoms with Crippen LogP contribution in [0.15, 0.2) is 47.6 Å². The Morgan fingerprint density at radius 2 is 1.97 bits per heavy atom. The minimum Gasteiger partial charge on any atom is -0.496 e. The Kier molecular flexibility index (Phi) is 5.30. The molecule has 0 bridgehead atoms. The third kappa shape index (κ3) is 3.81. The molecule has 1 fully saturated rings. The highest BCUT2D eigenvalue weighted by Crippen LogP contribution is 2.47. The molecule has 10 heteroatoms. The van der Waals surface area contributed by atoms with Crippen LogP contribution in [-0.2, 0) is 4.79 Å². The monoisotopic (exact) mass is 453 g/mol. The second-order valence-corrected chi connectivity index (χ2v) is 8.64. The van der Waals surface area contributed by atoms with Gasteiger partial charge in [-0.15, -0.1) is 10.2 Å². The SMILES string of the molecule is COc1ccccc1-c1nnc(SCC(=O)Nc2ccc3c(c2)OC2(CCCC2)O3)n1N. The van der Waals surface area contributed by atoms with Crippen molar-refractivity contribution in [1.29, 1.82) is 0 Å². The topological polar surface area (TPSA) is 114 Å². The minimum atomic E-state index is -0.523. The largest absolute Gasteiger partial charge is 0.496 e. The fourth-order valence-corrected chi connectivity index (χ4v) is 4.66. The van der Waals surface area contributed by atoms with E-state index in [4.69, 9.17) is 20.1 Å². The van der Waals surface area contributed by atoms with E-state index in [1.165, 1.54) is 16.4 Å². The first-order valence-electron chi connectivity index (χ1n) is 10.4. The van der Waals surface area contributed by atoms with Crippen molar-refractivity contribution < 1.29 is 19.0 Å². The molecule has 9 nitrogen and oxygen atoms in total. The molecule has 3 aromatic rings. The first-order chi connectivity index (χ1) is 15.6. The summed E-state index contributed by atoms with van der Waals surface area (Å²) in [6, 6.07) is 12.9. The molecule has 1 aliphatic heterocycles. The number of methoxy groups -OCH3 is 1. The Labute approximate surface area is 189 Å². The van der Waals surface area contributed by atoms with E-state index in [1.54, 1.807) is 13.2 Å². The summed E-state index contributed by atoms with van der Waals surface area (Å²) < 4.78 is 18.8. The van der Waals surface area contributed by atoms with E-state index in [0.717, 1.165) is 37.0 Å². The Bertz CT molecular complexity index is 1160. The van der Waals surface area contributed by atoms with Crippen molar-refractivity contribution in [1.82, 2.24) is 14.9 Å². The molecule has 166 valence electrons. The molecule has 1 aliphatic carbocycles. The summed E-state index contributed by atoms with van der Waals surface area (Å²) in [4.78, 5) is 12.5. The van der Waals surface area contributed by atoms with Crippen molar-refractivity contribution in [2.45, 2.75) is 36.6 Å². The average molecular weight is 454 g/mol. The van der Waals surface area contributed by atoms with Crippen LogP contribution < -0.4 is 25.4 Å². The van der Waals surface area contributed by atoms with Gasteiger partial charge in [0, 0.05) is 24.6 Å². The maximum atomic E-state index is 12.5. The van der Waals surface area contributed by atoms with E-state index in [0.29, 0.717) is 28.2 Å². The maximum absolute atomic E-state index is 12.5. The fraction of sp³-hybridized carbons (Fsp3) is 0.318. The number of ether oxygens (including phenoxy) is 3. The molecule has 2 aliphatic rings. The van der Waals surface area contributed by atoms with Gasteiger partial charge in [-0.3, -0.25) is 4.79 Å². The lowest BCUT2D eigenvalue weighted by Crippen LogP contribution is -2.34. The minimum absolute atomic E-state index is 0.125. The van der Waals surface area contributed by atoms with Gasteiger partial charge < -0.3 is 25.4 Å². The summed E-state index contributed by atoms with van der Waals surface area (Å²) in [7, 11) is 1.58. The summed E-state index contributed by atoms with van der Waals surface area (Å²) >= 11 is 1.20. The molecular formula is C22H23N5O4S. The van der Waals surface area contributed by atoms with Crippen molar-refractivity contribution in [3.8, 4) is 28.6 Å². The zero-order valence-corrected chi connectivity index (χ0v) is 18.4. The number of amides is 1. The number of nitrogens with zero attached hydrogens (tertiary/aromatic N) is 3. The van der Waals surface area contributed by atoms with E-state index in [2.05, 4.69) is 15.5 Å². The van der Waals surface area contributed by atoms with Gasteiger partial charge >= 0.3 is 0 Å². The van der Waals surface area contributed by atoms with Crippen molar-refractivity contribution in [2.75, 3.05) is 24.0 Å². The Morgan fingerprint density at radius 3 is 2.78 bits per heavy atom. The van der Waals surface area contributed by atoms with Gasteiger partial charge in [0.1, 0.15) is 5.75 Å². The van der Waals surface area contributed by atoms with Gasteiger partial charge in [-0.25, -0.2) is 4.68 Å². The molecular weight excluding hydrogens is 430 g/mol. The number of hydrogen-bond acceptors (Lipinski definition) is 8. The summed E-state index contributed by atoms with van der Waals surface area (Å²) in [5.41, 5.74) is 1.37. The summed E-state index contributed by atoms with van der Waals surface area (Å²) in [5.74, 6) is 8.07. The average Bonchev–Trinajstić information content (AvgIpc) is 3.50. The number of benzene rings is 2. The third-order valence-corrected chi connectivity index (χ3v) is 6.47. The van der Waals surface area contributed by atoms with Crippen LogP contribution in [0.5, 0.6) is 17.2 Å². The fourth-order valence-electron chi connectivity index (χ4n) is 4.00. The van der Waals surface area contributed by atoms with Crippen LogP contribution in [0.25, 0.3) is 11.4 Å². The number of rotatable bonds is 6. The normalized spacial score (nSPS) is 15.8. The molecule has 0 unspecified atom stereocenters. The van der Waals surface area contributed by atoms with Crippen LogP contribution in [0.3, 0.4) is 0 Å². The van der Waals surface area contributed by atoms with E-state index in [9.17, 15) is 4.79 Å². The van der Waals surface area contributed by atoms with Crippen LogP contribution in [0.2, 0.25) is 0 Å². The van der Waals surface area contributed by atoms with Gasteiger partial charge in [0.15, 0.2) is 17.3 Å². The summed E-state index contributed by atoms with van der Waals surface area (Å²) in [6.45, 7) is 0. The van der Waals surface area contributed by atoms with Crippen LogP contribution in [0.1, 0.15) is 25.7 Å². The number of nitrogens with two attached hydrogens (primary N) is 1. The lowest BCUT2D eigenvalue weighted by atomic mass is 10.2. The van der Waals surface area contributed by atoms with Gasteiger partial charge in [0.2, 0.25) is 11.1 Å². The van der Waals surface area contributed by atoms with E-state index >= 15 is 0 Å². The molecule has 0 atom stereocenters. The molecule has 3 N–H and O–H groups in total. The van der Waals surface area contributed by atoms with Gasteiger partial charge in [-0.05, 0) is 37.1 Å². The maximum Gasteiger partial charge on any atom is 0.251 e. The highest BCUT2D eigenvalue weighted by Gasteiger charge is 2.44. The number of anilines is 1. The molecule has 5 rings (SSSR count). The van der Waals surface area contributed by atoms with Crippen LogP contribution in [0.4, 0.5) is 5.69 Å². The predicted molar refractivity (Wildman–Crippen MR) is 120 cm³/mol. The second-order valence-electron chi connectivity index (χ2n) is 7.70. The van der Waals surface area contributed by atoms with Crippen LogP contribution in [-0.4, -0.2) is 39.4 Å². The Morgan fingerprint density at radius 1 is 1.19 bits per heavy atom. The van der Waals surface area contributed by atoms with Gasteiger partial charge in [-0.2, -0.15) is 0 Å². The number of aromatic nitrogens is 3. The number of nitrogen functional groups attached to an aromatic ring is 1.